The minimum Gasteiger partial charge on any atom is -0.491 e. The van der Waals surface area contributed by atoms with Gasteiger partial charge in [0.05, 0.1) is 24.2 Å². The number of hydrogen-bond donors (Lipinski definition) is 1. The van der Waals surface area contributed by atoms with Crippen molar-refractivity contribution >= 4 is 15.9 Å². The number of benzene rings is 2. The van der Waals surface area contributed by atoms with E-state index in [-0.39, 0.29) is 16.8 Å². The Morgan fingerprint density at radius 3 is 2.55 bits per heavy atom. The SMILES string of the molecule is Cc1ccc(OC[C@@H](C)NC(=O)c2cccc(S(=O)(=O)N3CCOCC3)c2)cc1. The van der Waals surface area contributed by atoms with Crippen LogP contribution in [-0.2, 0) is 14.8 Å². The summed E-state index contributed by atoms with van der Waals surface area (Å²) in [5.74, 6) is 0.388. The third kappa shape index (κ3) is 5.56. The smallest absolute Gasteiger partial charge is 0.251 e. The molecule has 0 radical (unpaired) electrons. The van der Waals surface area contributed by atoms with E-state index < -0.39 is 10.0 Å². The summed E-state index contributed by atoms with van der Waals surface area (Å²) < 4.78 is 37.9. The van der Waals surface area contributed by atoms with Crippen molar-refractivity contribution in [2.24, 2.45) is 0 Å². The first-order valence-electron chi connectivity index (χ1n) is 9.54. The van der Waals surface area contributed by atoms with Crippen LogP contribution in [0.25, 0.3) is 0 Å². The zero-order valence-corrected chi connectivity index (χ0v) is 17.4. The summed E-state index contributed by atoms with van der Waals surface area (Å²) in [6.45, 7) is 5.51. The maximum Gasteiger partial charge on any atom is 0.251 e. The lowest BCUT2D eigenvalue weighted by Gasteiger charge is -2.26. The van der Waals surface area contributed by atoms with E-state index in [4.69, 9.17) is 9.47 Å². The van der Waals surface area contributed by atoms with Crippen molar-refractivity contribution in [2.75, 3.05) is 32.9 Å². The number of carbonyl (C=O) groups is 1. The van der Waals surface area contributed by atoms with Crippen molar-refractivity contribution in [3.63, 3.8) is 0 Å². The van der Waals surface area contributed by atoms with Gasteiger partial charge >= 0.3 is 0 Å². The van der Waals surface area contributed by atoms with E-state index in [1.165, 1.54) is 16.4 Å². The maximum absolute atomic E-state index is 12.8. The molecule has 1 atom stereocenters. The first-order valence-corrected chi connectivity index (χ1v) is 11.0. The average Bonchev–Trinajstić information content (AvgIpc) is 2.74. The van der Waals surface area contributed by atoms with Gasteiger partial charge in [-0.05, 0) is 44.2 Å². The second-order valence-electron chi connectivity index (χ2n) is 7.04. The Balaban J connectivity index is 1.62. The van der Waals surface area contributed by atoms with Crippen LogP contribution in [-0.4, -0.2) is 57.6 Å². The number of hydrogen-bond acceptors (Lipinski definition) is 5. The molecule has 7 nitrogen and oxygen atoms in total. The molecule has 0 saturated carbocycles. The van der Waals surface area contributed by atoms with Crippen molar-refractivity contribution < 1.29 is 22.7 Å². The molecule has 1 aliphatic rings. The zero-order valence-electron chi connectivity index (χ0n) is 16.6. The van der Waals surface area contributed by atoms with E-state index in [1.54, 1.807) is 12.1 Å². The van der Waals surface area contributed by atoms with Crippen LogP contribution >= 0.6 is 0 Å². The Bertz CT molecular complexity index is 938. The van der Waals surface area contributed by atoms with Gasteiger partial charge in [-0.15, -0.1) is 0 Å². The highest BCUT2D eigenvalue weighted by Gasteiger charge is 2.27. The molecule has 3 rings (SSSR count). The number of nitrogens with zero attached hydrogens (tertiary/aromatic N) is 1. The highest BCUT2D eigenvalue weighted by Crippen LogP contribution is 2.18. The fraction of sp³-hybridized carbons (Fsp3) is 0.381. The summed E-state index contributed by atoms with van der Waals surface area (Å²) in [4.78, 5) is 12.7. The van der Waals surface area contributed by atoms with Crippen molar-refractivity contribution in [3.8, 4) is 5.75 Å². The molecule has 0 aromatic heterocycles. The Morgan fingerprint density at radius 2 is 1.86 bits per heavy atom. The Kier molecular flexibility index (Phi) is 6.89. The third-order valence-corrected chi connectivity index (χ3v) is 6.50. The predicted molar refractivity (Wildman–Crippen MR) is 110 cm³/mol. The molecule has 1 N–H and O–H groups in total. The van der Waals surface area contributed by atoms with Crippen LogP contribution in [0.1, 0.15) is 22.8 Å². The van der Waals surface area contributed by atoms with Gasteiger partial charge < -0.3 is 14.8 Å². The van der Waals surface area contributed by atoms with Crippen molar-refractivity contribution in [2.45, 2.75) is 24.8 Å². The number of ether oxygens (including phenoxy) is 2. The first-order chi connectivity index (χ1) is 13.9. The second-order valence-corrected chi connectivity index (χ2v) is 8.98. The molecule has 2 aromatic carbocycles. The van der Waals surface area contributed by atoms with E-state index in [0.717, 1.165) is 11.3 Å². The van der Waals surface area contributed by atoms with Gasteiger partial charge in [0.25, 0.3) is 5.91 Å². The van der Waals surface area contributed by atoms with Gasteiger partial charge in [-0.1, -0.05) is 23.8 Å². The van der Waals surface area contributed by atoms with Gasteiger partial charge in [-0.3, -0.25) is 4.79 Å². The highest BCUT2D eigenvalue weighted by atomic mass is 32.2. The number of morpholine rings is 1. The second kappa shape index (κ2) is 9.39. The zero-order chi connectivity index (χ0) is 20.9. The fourth-order valence-corrected chi connectivity index (χ4v) is 4.39. The number of rotatable bonds is 7. The lowest BCUT2D eigenvalue weighted by atomic mass is 10.2. The summed E-state index contributed by atoms with van der Waals surface area (Å²) in [6, 6.07) is 13.5. The minimum absolute atomic E-state index is 0.107. The minimum atomic E-state index is -3.65. The van der Waals surface area contributed by atoms with E-state index in [9.17, 15) is 13.2 Å². The molecule has 8 heteroatoms. The standard InChI is InChI=1S/C21H26N2O5S/c1-16-6-8-19(9-7-16)28-15-17(2)22-21(24)18-4-3-5-20(14-18)29(25,26)23-10-12-27-13-11-23/h3-9,14,17H,10-13,15H2,1-2H3,(H,22,24)/t17-/m1/s1. The van der Waals surface area contributed by atoms with E-state index >= 15 is 0 Å². The molecule has 0 aliphatic carbocycles. The largest absolute Gasteiger partial charge is 0.491 e. The van der Waals surface area contributed by atoms with Crippen LogP contribution in [0.3, 0.4) is 0 Å². The lowest BCUT2D eigenvalue weighted by Crippen LogP contribution is -2.40. The van der Waals surface area contributed by atoms with Gasteiger partial charge in [0.2, 0.25) is 10.0 Å². The summed E-state index contributed by atoms with van der Waals surface area (Å²) in [7, 11) is -3.65. The summed E-state index contributed by atoms with van der Waals surface area (Å²) in [6.07, 6.45) is 0. The number of aryl methyl sites for hydroxylation is 1. The first kappa shape index (κ1) is 21.3. The monoisotopic (exact) mass is 418 g/mol. The van der Waals surface area contributed by atoms with Crippen LogP contribution in [0.4, 0.5) is 0 Å². The molecule has 2 aromatic rings. The summed E-state index contributed by atoms with van der Waals surface area (Å²) in [5.41, 5.74) is 1.44. The summed E-state index contributed by atoms with van der Waals surface area (Å²) in [5, 5.41) is 2.84. The Morgan fingerprint density at radius 1 is 1.17 bits per heavy atom. The topological polar surface area (TPSA) is 84.9 Å². The number of amides is 1. The van der Waals surface area contributed by atoms with Gasteiger partial charge in [-0.2, -0.15) is 4.31 Å². The third-order valence-electron chi connectivity index (χ3n) is 4.60. The molecule has 1 fully saturated rings. The molecule has 156 valence electrons. The van der Waals surface area contributed by atoms with Crippen molar-refractivity contribution in [3.05, 3.63) is 59.7 Å². The van der Waals surface area contributed by atoms with Crippen LogP contribution in [0.2, 0.25) is 0 Å². The van der Waals surface area contributed by atoms with E-state index in [2.05, 4.69) is 5.32 Å². The Hall–Kier alpha value is -2.42. The van der Waals surface area contributed by atoms with Crippen LogP contribution in [0, 0.1) is 6.92 Å². The predicted octanol–water partition coefficient (Wildman–Crippen LogP) is 2.21. The lowest BCUT2D eigenvalue weighted by molar-refractivity contribution is 0.0730. The molecule has 0 unspecified atom stereocenters. The summed E-state index contributed by atoms with van der Waals surface area (Å²) >= 11 is 0. The maximum atomic E-state index is 12.8. The van der Waals surface area contributed by atoms with Crippen molar-refractivity contribution in [1.82, 2.24) is 9.62 Å². The number of sulfonamides is 1. The number of carbonyl (C=O) groups excluding carboxylic acids is 1. The molecule has 1 aliphatic heterocycles. The normalized spacial score (nSPS) is 16.2. The highest BCUT2D eigenvalue weighted by molar-refractivity contribution is 7.89. The van der Waals surface area contributed by atoms with Gasteiger partial charge in [-0.25, -0.2) is 8.42 Å². The van der Waals surface area contributed by atoms with Crippen molar-refractivity contribution in [1.29, 1.82) is 0 Å². The van der Waals surface area contributed by atoms with Gasteiger partial charge in [0.1, 0.15) is 12.4 Å². The molecular formula is C21H26N2O5S. The van der Waals surface area contributed by atoms with Gasteiger partial charge in [0.15, 0.2) is 0 Å². The van der Waals surface area contributed by atoms with E-state index in [1.807, 2.05) is 38.1 Å². The molecule has 1 heterocycles. The molecule has 1 saturated heterocycles. The number of nitrogens with one attached hydrogen (secondary N) is 1. The molecule has 29 heavy (non-hydrogen) atoms. The molecular weight excluding hydrogens is 392 g/mol. The fourth-order valence-electron chi connectivity index (χ4n) is 2.94. The average molecular weight is 419 g/mol. The molecule has 0 bridgehead atoms. The van der Waals surface area contributed by atoms with Crippen LogP contribution < -0.4 is 10.1 Å². The van der Waals surface area contributed by atoms with Crippen LogP contribution in [0.15, 0.2) is 53.4 Å². The van der Waals surface area contributed by atoms with Crippen LogP contribution in [0.5, 0.6) is 5.75 Å². The Labute approximate surface area is 171 Å². The van der Waals surface area contributed by atoms with E-state index in [0.29, 0.717) is 38.5 Å². The molecule has 0 spiro atoms. The molecule has 1 amide bonds. The van der Waals surface area contributed by atoms with Gasteiger partial charge in [0, 0.05) is 18.7 Å². The quantitative estimate of drug-likeness (QED) is 0.745.